The summed E-state index contributed by atoms with van der Waals surface area (Å²) >= 11 is 0. The highest BCUT2D eigenvalue weighted by Crippen LogP contribution is 2.17. The molecule has 3 N–H and O–H groups in total. The third-order valence-corrected chi connectivity index (χ3v) is 7.12. The Kier molecular flexibility index (Phi) is 16.1. The molecule has 0 aliphatic carbocycles. The average Bonchev–Trinajstić information content (AvgIpc) is 3.04. The van der Waals surface area contributed by atoms with Crippen LogP contribution in [0, 0.1) is 0 Å². The molecule has 0 radical (unpaired) electrons. The molecule has 0 unspecified atom stereocenters. The molecule has 0 saturated heterocycles. The number of aliphatic hydroxyl groups excluding tert-OH is 1. The molecule has 9 nitrogen and oxygen atoms in total. The molecule has 45 heavy (non-hydrogen) atoms. The summed E-state index contributed by atoms with van der Waals surface area (Å²) in [5.41, 5.74) is 2.43. The van der Waals surface area contributed by atoms with Crippen LogP contribution in [0.2, 0.25) is 0 Å². The van der Waals surface area contributed by atoms with E-state index >= 15 is 0 Å². The topological polar surface area (TPSA) is 117 Å². The number of hydrogen-bond donors (Lipinski definition) is 3. The van der Waals surface area contributed by atoms with Crippen molar-refractivity contribution in [1.29, 1.82) is 0 Å². The number of amides is 2. The summed E-state index contributed by atoms with van der Waals surface area (Å²) in [6.07, 6.45) is 0.991. The van der Waals surface area contributed by atoms with Crippen molar-refractivity contribution in [1.82, 2.24) is 15.5 Å². The number of carbonyl (C=O) groups is 3. The Bertz CT molecular complexity index is 1360. The van der Waals surface area contributed by atoms with Crippen LogP contribution in [0.1, 0.15) is 75.8 Å². The molecule has 0 bridgehead atoms. The maximum absolute atomic E-state index is 13.7. The summed E-state index contributed by atoms with van der Waals surface area (Å²) < 4.78 is 10.5. The number of nitrogens with one attached hydrogen (secondary N) is 2. The number of hydrogen-bond acceptors (Lipinski definition) is 7. The quantitative estimate of drug-likeness (QED) is 0.177. The first-order valence-corrected chi connectivity index (χ1v) is 15.3. The van der Waals surface area contributed by atoms with E-state index in [-0.39, 0.29) is 48.2 Å². The molecule has 0 spiro atoms. The largest absolute Gasteiger partial charge is 0.497 e. The molecular formula is C35H46ClN3O6. The highest BCUT2D eigenvalue weighted by molar-refractivity contribution is 6.03. The maximum atomic E-state index is 13.7. The molecule has 2 atom stereocenters. The van der Waals surface area contributed by atoms with Gasteiger partial charge in [0.05, 0.1) is 31.4 Å². The Hall–Kier alpha value is -3.92. The Morgan fingerprint density at radius 3 is 2.13 bits per heavy atom. The van der Waals surface area contributed by atoms with Gasteiger partial charge in [0.1, 0.15) is 5.75 Å². The fourth-order valence-corrected chi connectivity index (χ4v) is 4.94. The second kappa shape index (κ2) is 19.5. The molecule has 3 aromatic rings. The number of nitrogens with zero attached hydrogens (tertiary/aromatic N) is 1. The van der Waals surface area contributed by atoms with E-state index < -0.39 is 24.0 Å². The molecule has 0 aliphatic rings. The Labute approximate surface area is 272 Å². The van der Waals surface area contributed by atoms with Crippen LogP contribution in [0.3, 0.4) is 0 Å². The molecule has 0 aromatic heterocycles. The maximum Gasteiger partial charge on any atom is 0.338 e. The van der Waals surface area contributed by atoms with Gasteiger partial charge in [-0.2, -0.15) is 0 Å². The SMILES string of the molecule is CCCN(CCC)C(=O)c1cc(C(=O)N[C@@H](Cc2ccccc2)[C@@H](O)CNCc2cccc(OC)c2)cc(C(=O)OCC)c1.Cl. The predicted octanol–water partition coefficient (Wildman–Crippen LogP) is 5.05. The highest BCUT2D eigenvalue weighted by atomic mass is 35.5. The van der Waals surface area contributed by atoms with Crippen LogP contribution < -0.4 is 15.4 Å². The lowest BCUT2D eigenvalue weighted by Gasteiger charge is -2.25. The van der Waals surface area contributed by atoms with Gasteiger partial charge in [-0.25, -0.2) is 4.79 Å². The predicted molar refractivity (Wildman–Crippen MR) is 178 cm³/mol. The lowest BCUT2D eigenvalue weighted by molar-refractivity contribution is 0.0526. The van der Waals surface area contributed by atoms with Gasteiger partial charge in [-0.15, -0.1) is 12.4 Å². The molecule has 0 fully saturated rings. The van der Waals surface area contributed by atoms with Gasteiger partial charge in [0.2, 0.25) is 0 Å². The van der Waals surface area contributed by atoms with Gasteiger partial charge in [0, 0.05) is 37.3 Å². The van der Waals surface area contributed by atoms with Crippen molar-refractivity contribution >= 4 is 30.2 Å². The number of halogens is 1. The molecule has 3 aromatic carbocycles. The minimum absolute atomic E-state index is 0. The molecule has 0 heterocycles. The van der Waals surface area contributed by atoms with E-state index in [4.69, 9.17) is 9.47 Å². The summed E-state index contributed by atoms with van der Waals surface area (Å²) in [5, 5.41) is 17.5. The Morgan fingerprint density at radius 1 is 0.844 bits per heavy atom. The van der Waals surface area contributed by atoms with Gasteiger partial charge in [-0.1, -0.05) is 56.3 Å². The van der Waals surface area contributed by atoms with Gasteiger partial charge in [-0.3, -0.25) is 9.59 Å². The Balaban J connectivity index is 0.00000705. The zero-order valence-corrected chi connectivity index (χ0v) is 27.4. The standard InChI is InChI=1S/C35H45N3O6.ClH/c1-5-16-38(17-6-2)34(41)28-20-27(21-29(22-28)35(42)44-7-3)33(40)37-31(19-25-12-9-8-10-13-25)32(39)24-36-23-26-14-11-15-30(18-26)43-4;/h8-15,18,20-22,31-32,36,39H,5-7,16-17,19,23-24H2,1-4H3,(H,37,40);1H/t31-,32-;/m0./s1. The van der Waals surface area contributed by atoms with Gasteiger partial charge < -0.3 is 30.1 Å². The second-order valence-electron chi connectivity index (χ2n) is 10.6. The molecule has 0 saturated carbocycles. The first kappa shape index (κ1) is 37.3. The van der Waals surface area contributed by atoms with Crippen molar-refractivity contribution in [3.05, 3.63) is 101 Å². The Morgan fingerprint density at radius 2 is 1.49 bits per heavy atom. The second-order valence-corrected chi connectivity index (χ2v) is 10.6. The van der Waals surface area contributed by atoms with Crippen molar-refractivity contribution in [3.8, 4) is 5.75 Å². The summed E-state index contributed by atoms with van der Waals surface area (Å²) in [7, 11) is 1.61. The van der Waals surface area contributed by atoms with Crippen LogP contribution in [-0.2, 0) is 17.7 Å². The molecule has 10 heteroatoms. The normalized spacial score (nSPS) is 11.9. The lowest BCUT2D eigenvalue weighted by atomic mass is 9.99. The first-order valence-electron chi connectivity index (χ1n) is 15.3. The lowest BCUT2D eigenvalue weighted by Crippen LogP contribution is -2.48. The molecule has 244 valence electrons. The van der Waals surface area contributed by atoms with Crippen molar-refractivity contribution in [3.63, 3.8) is 0 Å². The summed E-state index contributed by atoms with van der Waals surface area (Å²) in [4.78, 5) is 41.6. The monoisotopic (exact) mass is 639 g/mol. The zero-order chi connectivity index (χ0) is 31.9. The zero-order valence-electron chi connectivity index (χ0n) is 26.6. The molecule has 3 rings (SSSR count). The number of benzene rings is 3. The van der Waals surface area contributed by atoms with E-state index in [0.29, 0.717) is 26.1 Å². The smallest absolute Gasteiger partial charge is 0.338 e. The number of rotatable bonds is 17. The fourth-order valence-electron chi connectivity index (χ4n) is 4.94. The summed E-state index contributed by atoms with van der Waals surface area (Å²) in [6, 6.07) is 21.0. The van der Waals surface area contributed by atoms with E-state index in [1.54, 1.807) is 18.9 Å². The summed E-state index contributed by atoms with van der Waals surface area (Å²) in [6.45, 7) is 7.68. The molecular weight excluding hydrogens is 594 g/mol. The molecule has 0 aliphatic heterocycles. The number of aliphatic hydroxyl groups is 1. The van der Waals surface area contributed by atoms with Gasteiger partial charge in [0.15, 0.2) is 0 Å². The van der Waals surface area contributed by atoms with Crippen LogP contribution in [-0.4, -0.2) is 73.3 Å². The van der Waals surface area contributed by atoms with Crippen LogP contribution in [0.15, 0.2) is 72.8 Å². The van der Waals surface area contributed by atoms with Crippen LogP contribution in [0.5, 0.6) is 5.75 Å². The van der Waals surface area contributed by atoms with Crippen LogP contribution in [0.4, 0.5) is 0 Å². The average molecular weight is 640 g/mol. The van der Waals surface area contributed by atoms with E-state index in [1.165, 1.54) is 18.2 Å². The van der Waals surface area contributed by atoms with Gasteiger partial charge >= 0.3 is 5.97 Å². The van der Waals surface area contributed by atoms with Crippen LogP contribution in [0.25, 0.3) is 0 Å². The number of methoxy groups -OCH3 is 1. The minimum Gasteiger partial charge on any atom is -0.497 e. The molecule has 2 amide bonds. The minimum atomic E-state index is -0.941. The van der Waals surface area contributed by atoms with Crippen molar-refractivity contribution in [2.24, 2.45) is 0 Å². The van der Waals surface area contributed by atoms with Crippen molar-refractivity contribution < 1.29 is 29.0 Å². The number of carbonyl (C=O) groups excluding carboxylic acids is 3. The van der Waals surface area contributed by atoms with E-state index in [9.17, 15) is 19.5 Å². The van der Waals surface area contributed by atoms with Crippen LogP contribution >= 0.6 is 12.4 Å². The van der Waals surface area contributed by atoms with E-state index in [2.05, 4.69) is 10.6 Å². The number of esters is 1. The van der Waals surface area contributed by atoms with Gasteiger partial charge in [0.25, 0.3) is 11.8 Å². The van der Waals surface area contributed by atoms with Crippen molar-refractivity contribution in [2.45, 2.75) is 58.7 Å². The number of ether oxygens (including phenoxy) is 2. The third-order valence-electron chi connectivity index (χ3n) is 7.12. The van der Waals surface area contributed by atoms with Crippen molar-refractivity contribution in [2.75, 3.05) is 33.4 Å². The summed E-state index contributed by atoms with van der Waals surface area (Å²) in [5.74, 6) is -0.627. The van der Waals surface area contributed by atoms with Gasteiger partial charge in [-0.05, 0) is 67.6 Å². The van der Waals surface area contributed by atoms with E-state index in [0.717, 1.165) is 29.7 Å². The first-order chi connectivity index (χ1) is 21.3. The van der Waals surface area contributed by atoms with E-state index in [1.807, 2.05) is 68.4 Å². The highest BCUT2D eigenvalue weighted by Gasteiger charge is 2.25. The third kappa shape index (κ3) is 11.5. The fraction of sp³-hybridized carbons (Fsp3) is 0.400.